The van der Waals surface area contributed by atoms with Gasteiger partial charge in [0.2, 0.25) is 0 Å². The lowest BCUT2D eigenvalue weighted by Gasteiger charge is -2.13. The lowest BCUT2D eigenvalue weighted by molar-refractivity contribution is -0.143. The van der Waals surface area contributed by atoms with Gasteiger partial charge < -0.3 is 18.9 Å². The van der Waals surface area contributed by atoms with Gasteiger partial charge >= 0.3 is 17.9 Å². The van der Waals surface area contributed by atoms with Crippen LogP contribution in [0.4, 0.5) is 0 Å². The molecule has 0 unspecified atom stereocenters. The summed E-state index contributed by atoms with van der Waals surface area (Å²) in [7, 11) is 0. The first-order valence-electron chi connectivity index (χ1n) is 16.9. The normalized spacial score (nSPS) is 11.5. The van der Waals surface area contributed by atoms with Crippen molar-refractivity contribution >= 4 is 17.9 Å². The van der Waals surface area contributed by atoms with Gasteiger partial charge in [0.05, 0.1) is 30.4 Å². The first-order valence-corrected chi connectivity index (χ1v) is 16.9. The third-order valence-corrected chi connectivity index (χ3v) is 7.69. The topological polar surface area (TPSA) is 88.1 Å². The molecule has 46 heavy (non-hydrogen) atoms. The molecule has 7 heteroatoms. The van der Waals surface area contributed by atoms with Gasteiger partial charge in [-0.25, -0.2) is 9.59 Å². The van der Waals surface area contributed by atoms with Crippen LogP contribution in [0, 0.1) is 0 Å². The Balaban J connectivity index is 1.36. The monoisotopic (exact) mass is 630 g/mol. The van der Waals surface area contributed by atoms with E-state index in [-0.39, 0.29) is 18.0 Å². The number of ether oxygens (including phenoxy) is 4. The van der Waals surface area contributed by atoms with Crippen LogP contribution < -0.4 is 9.47 Å². The Morgan fingerprint density at radius 3 is 1.78 bits per heavy atom. The Bertz CT molecular complexity index is 1310. The Labute approximate surface area is 274 Å². The molecule has 0 radical (unpaired) electrons. The number of rotatable bonds is 21. The summed E-state index contributed by atoms with van der Waals surface area (Å²) in [6.07, 6.45) is 11.5. The number of unbranched alkanes of at least 4 members (excludes halogenated alkanes) is 7. The van der Waals surface area contributed by atoms with Crippen molar-refractivity contribution in [3.8, 4) is 22.6 Å². The number of benzene rings is 3. The average Bonchev–Trinajstić information content (AvgIpc) is 3.07. The highest BCUT2D eigenvalue weighted by Crippen LogP contribution is 2.24. The second-order valence-corrected chi connectivity index (χ2v) is 11.7. The van der Waals surface area contributed by atoms with Crippen molar-refractivity contribution in [3.05, 3.63) is 83.9 Å². The van der Waals surface area contributed by atoms with Gasteiger partial charge in [0.1, 0.15) is 11.5 Å². The third kappa shape index (κ3) is 13.5. The number of carbonyl (C=O) groups is 3. The zero-order valence-electron chi connectivity index (χ0n) is 27.8. The van der Waals surface area contributed by atoms with Crippen LogP contribution in [0.25, 0.3) is 11.1 Å². The summed E-state index contributed by atoms with van der Waals surface area (Å²) in [5.41, 5.74) is 2.85. The Morgan fingerprint density at radius 2 is 1.13 bits per heavy atom. The molecule has 7 nitrogen and oxygen atoms in total. The first kappa shape index (κ1) is 36.3. The highest BCUT2D eigenvalue weighted by molar-refractivity contribution is 5.91. The fourth-order valence-electron chi connectivity index (χ4n) is 4.86. The predicted octanol–water partition coefficient (Wildman–Crippen LogP) is 9.76. The second-order valence-electron chi connectivity index (χ2n) is 11.7. The molecular weight excluding hydrogens is 580 g/mol. The number of esters is 3. The average molecular weight is 631 g/mol. The minimum absolute atomic E-state index is 0.0994. The lowest BCUT2D eigenvalue weighted by Crippen LogP contribution is -2.15. The van der Waals surface area contributed by atoms with E-state index in [1.54, 1.807) is 48.5 Å². The number of carbonyl (C=O) groups excluding carboxylic acids is 3. The van der Waals surface area contributed by atoms with Crippen LogP contribution in [0.1, 0.15) is 119 Å². The molecule has 0 bridgehead atoms. The zero-order chi connectivity index (χ0) is 33.0. The maximum absolute atomic E-state index is 12.7. The van der Waals surface area contributed by atoms with Gasteiger partial charge in [0.15, 0.2) is 0 Å². The fraction of sp³-hybridized carbons (Fsp3) is 0.462. The minimum atomic E-state index is -0.447. The molecular formula is C39H50O7. The van der Waals surface area contributed by atoms with Crippen LogP contribution in [0.2, 0.25) is 0 Å². The smallest absolute Gasteiger partial charge is 0.343 e. The maximum atomic E-state index is 12.7. The minimum Gasteiger partial charge on any atom is -0.494 e. The van der Waals surface area contributed by atoms with Crippen LogP contribution in [-0.2, 0) is 14.3 Å². The molecule has 0 saturated heterocycles. The van der Waals surface area contributed by atoms with Crippen LogP contribution >= 0.6 is 0 Å². The molecule has 0 spiro atoms. The van der Waals surface area contributed by atoms with E-state index >= 15 is 0 Å². The van der Waals surface area contributed by atoms with Crippen molar-refractivity contribution in [1.82, 2.24) is 0 Å². The highest BCUT2D eigenvalue weighted by atomic mass is 16.5. The van der Waals surface area contributed by atoms with Crippen molar-refractivity contribution in [2.75, 3.05) is 13.2 Å². The van der Waals surface area contributed by atoms with E-state index in [2.05, 4.69) is 13.8 Å². The molecule has 0 saturated carbocycles. The molecule has 0 N–H and O–H groups in total. The van der Waals surface area contributed by atoms with Crippen molar-refractivity contribution in [2.24, 2.45) is 0 Å². The number of hydrogen-bond donors (Lipinski definition) is 0. The summed E-state index contributed by atoms with van der Waals surface area (Å²) >= 11 is 0. The molecule has 0 aliphatic heterocycles. The van der Waals surface area contributed by atoms with Crippen molar-refractivity contribution in [3.63, 3.8) is 0 Å². The van der Waals surface area contributed by atoms with Crippen molar-refractivity contribution in [2.45, 2.75) is 104 Å². The summed E-state index contributed by atoms with van der Waals surface area (Å²) in [4.78, 5) is 36.7. The van der Waals surface area contributed by atoms with Gasteiger partial charge in [-0.3, -0.25) is 4.79 Å². The summed E-state index contributed by atoms with van der Waals surface area (Å²) in [5.74, 6) is 0.284. The molecule has 0 aliphatic rings. The summed E-state index contributed by atoms with van der Waals surface area (Å²) in [6, 6.07) is 21.5. The van der Waals surface area contributed by atoms with E-state index < -0.39 is 5.97 Å². The van der Waals surface area contributed by atoms with E-state index in [4.69, 9.17) is 18.9 Å². The van der Waals surface area contributed by atoms with E-state index in [9.17, 15) is 14.4 Å². The molecule has 3 aromatic carbocycles. The van der Waals surface area contributed by atoms with E-state index in [0.29, 0.717) is 42.3 Å². The maximum Gasteiger partial charge on any atom is 0.343 e. The Hall–Kier alpha value is -4.13. The molecule has 248 valence electrons. The molecule has 3 aromatic rings. The summed E-state index contributed by atoms with van der Waals surface area (Å²) in [5, 5.41) is 0. The molecule has 1 atom stereocenters. The van der Waals surface area contributed by atoms with Gasteiger partial charge in [-0.2, -0.15) is 0 Å². The fourth-order valence-corrected chi connectivity index (χ4v) is 4.86. The van der Waals surface area contributed by atoms with Gasteiger partial charge in [0, 0.05) is 6.42 Å². The standard InChI is InChI=1S/C39H50O7/c1-4-6-8-11-14-30(3)45-38(41)33-18-16-31(17-19-33)32-20-26-36(27-21-32)46-39(42)34-22-24-35(25-23-34)43-28-12-9-10-13-29-44-37(40)15-7-5-2/h16-27,30H,4-15,28-29H2,1-3H3/t30-/m0/s1. The zero-order valence-corrected chi connectivity index (χ0v) is 27.8. The molecule has 0 aliphatic carbocycles. The van der Waals surface area contributed by atoms with E-state index in [1.165, 1.54) is 12.8 Å². The molecule has 0 heterocycles. The third-order valence-electron chi connectivity index (χ3n) is 7.69. The molecule has 0 amide bonds. The number of hydrogen-bond acceptors (Lipinski definition) is 7. The quantitative estimate of drug-likeness (QED) is 0.0658. The Morgan fingerprint density at radius 1 is 0.587 bits per heavy atom. The highest BCUT2D eigenvalue weighted by Gasteiger charge is 2.13. The van der Waals surface area contributed by atoms with Gasteiger partial charge in [-0.15, -0.1) is 0 Å². The van der Waals surface area contributed by atoms with Gasteiger partial charge in [-0.05, 0) is 112 Å². The summed E-state index contributed by atoms with van der Waals surface area (Å²) < 4.78 is 22.2. The van der Waals surface area contributed by atoms with Crippen LogP contribution in [0.15, 0.2) is 72.8 Å². The van der Waals surface area contributed by atoms with Crippen molar-refractivity contribution < 1.29 is 33.3 Å². The molecule has 0 aromatic heterocycles. The van der Waals surface area contributed by atoms with Crippen LogP contribution in [0.5, 0.6) is 11.5 Å². The molecule has 0 fully saturated rings. The van der Waals surface area contributed by atoms with E-state index in [1.807, 2.05) is 31.2 Å². The van der Waals surface area contributed by atoms with Crippen molar-refractivity contribution in [1.29, 1.82) is 0 Å². The molecule has 3 rings (SSSR count). The second kappa shape index (κ2) is 20.8. The summed E-state index contributed by atoms with van der Waals surface area (Å²) in [6.45, 7) is 7.25. The largest absolute Gasteiger partial charge is 0.494 e. The van der Waals surface area contributed by atoms with Crippen LogP contribution in [0.3, 0.4) is 0 Å². The van der Waals surface area contributed by atoms with Gasteiger partial charge in [-0.1, -0.05) is 63.8 Å². The van der Waals surface area contributed by atoms with E-state index in [0.717, 1.165) is 68.9 Å². The first-order chi connectivity index (χ1) is 22.4. The lowest BCUT2D eigenvalue weighted by atomic mass is 10.0. The SMILES string of the molecule is CCCCCC[C@H](C)OC(=O)c1ccc(-c2ccc(OC(=O)c3ccc(OCCCCCCOC(=O)CCCC)cc3)cc2)cc1. The van der Waals surface area contributed by atoms with Gasteiger partial charge in [0.25, 0.3) is 0 Å². The Kier molecular flexibility index (Phi) is 16.4. The predicted molar refractivity (Wildman–Crippen MR) is 181 cm³/mol. The van der Waals surface area contributed by atoms with Crippen LogP contribution in [-0.4, -0.2) is 37.2 Å².